The number of benzene rings is 2. The zero-order chi connectivity index (χ0) is 28.7. The van der Waals surface area contributed by atoms with E-state index in [0.29, 0.717) is 30.7 Å². The topological polar surface area (TPSA) is 96.3 Å². The molecule has 1 saturated carbocycles. The molecule has 0 bridgehead atoms. The van der Waals surface area contributed by atoms with Crippen LogP contribution in [-0.2, 0) is 20.0 Å². The Kier molecular flexibility index (Phi) is 7.25. The number of halogens is 1. The number of Topliss-reactive ketones (excluding diaryl/α,β-unsaturated/α-hetero) is 1. The van der Waals surface area contributed by atoms with E-state index in [1.54, 1.807) is 29.6 Å². The number of nitrogens with zero attached hydrogens (tertiary/aromatic N) is 2. The van der Waals surface area contributed by atoms with E-state index < -0.39 is 23.8 Å². The summed E-state index contributed by atoms with van der Waals surface area (Å²) in [7, 11) is 1.47. The second kappa shape index (κ2) is 10.9. The van der Waals surface area contributed by atoms with E-state index in [1.165, 1.54) is 19.2 Å². The fraction of sp³-hybridized carbons (Fsp3) is 0.367. The number of rotatable bonds is 7. The predicted molar refractivity (Wildman–Crippen MR) is 149 cm³/mol. The summed E-state index contributed by atoms with van der Waals surface area (Å²) >= 11 is 1.65. The molecule has 0 N–H and O–H groups in total. The third-order valence-electron chi connectivity index (χ3n) is 7.96. The van der Waals surface area contributed by atoms with Crippen molar-refractivity contribution in [2.75, 3.05) is 38.7 Å². The lowest BCUT2D eigenvalue weighted by Gasteiger charge is -2.43. The Morgan fingerprint density at radius 2 is 1.88 bits per heavy atom. The van der Waals surface area contributed by atoms with Crippen molar-refractivity contribution in [2.45, 2.75) is 36.5 Å². The zero-order valence-electron chi connectivity index (χ0n) is 22.7. The minimum absolute atomic E-state index is 0.000683. The highest BCUT2D eigenvalue weighted by Gasteiger charge is 2.57. The number of ether oxygens (including phenoxy) is 4. The number of ketones is 1. The summed E-state index contributed by atoms with van der Waals surface area (Å²) in [5.74, 6) is -0.0315. The number of fused-ring (bicyclic) bond motifs is 3. The van der Waals surface area contributed by atoms with Gasteiger partial charge in [-0.3, -0.25) is 19.3 Å². The highest BCUT2D eigenvalue weighted by Crippen LogP contribution is 2.54. The number of carbonyl (C=O) groups excluding carboxylic acids is 2. The van der Waals surface area contributed by atoms with E-state index in [1.807, 2.05) is 18.2 Å². The first-order valence-electron chi connectivity index (χ1n) is 13.3. The van der Waals surface area contributed by atoms with Crippen molar-refractivity contribution in [3.05, 3.63) is 92.6 Å². The quantitative estimate of drug-likeness (QED) is 0.223. The van der Waals surface area contributed by atoms with Gasteiger partial charge in [0.25, 0.3) is 0 Å². The van der Waals surface area contributed by atoms with E-state index in [0.717, 1.165) is 21.6 Å². The monoisotopic (exact) mass is 580 g/mol. The van der Waals surface area contributed by atoms with E-state index in [4.69, 9.17) is 18.9 Å². The van der Waals surface area contributed by atoms with Crippen LogP contribution in [0.3, 0.4) is 0 Å². The maximum absolute atomic E-state index is 14.7. The molecule has 1 fully saturated rings. The SMILES string of the molecule is COCCOC(=O)OCOc1c2n(ccc1=O)N([C@@H]1c3ccccc3SCc3c1ccc(F)c3C)CC1(CC1)C2=O. The Labute approximate surface area is 240 Å². The molecule has 3 heterocycles. The lowest BCUT2D eigenvalue weighted by molar-refractivity contribution is -0.00492. The Bertz CT molecular complexity index is 1590. The predicted octanol–water partition coefficient (Wildman–Crippen LogP) is 4.74. The first-order chi connectivity index (χ1) is 19.8. The molecule has 0 radical (unpaired) electrons. The molecule has 3 aromatic rings. The van der Waals surface area contributed by atoms with Crippen LogP contribution in [0.4, 0.5) is 9.18 Å². The molecule has 0 saturated heterocycles. The summed E-state index contributed by atoms with van der Waals surface area (Å²) < 4.78 is 36.7. The van der Waals surface area contributed by atoms with Crippen LogP contribution in [0, 0.1) is 18.2 Å². The van der Waals surface area contributed by atoms with E-state index in [9.17, 15) is 18.8 Å². The summed E-state index contributed by atoms with van der Waals surface area (Å²) in [6, 6.07) is 12.3. The second-order valence-corrected chi connectivity index (χ2v) is 11.4. The van der Waals surface area contributed by atoms with Crippen molar-refractivity contribution in [1.82, 2.24) is 4.68 Å². The minimum atomic E-state index is -0.981. The Morgan fingerprint density at radius 1 is 1.07 bits per heavy atom. The minimum Gasteiger partial charge on any atom is -0.451 e. The van der Waals surface area contributed by atoms with Crippen LogP contribution in [0.1, 0.15) is 51.6 Å². The number of carbonyl (C=O) groups is 2. The smallest absolute Gasteiger partial charge is 0.451 e. The first kappa shape index (κ1) is 27.3. The zero-order valence-corrected chi connectivity index (χ0v) is 23.5. The molecule has 2 aliphatic heterocycles. The van der Waals surface area contributed by atoms with Gasteiger partial charge in [-0.15, -0.1) is 11.8 Å². The summed E-state index contributed by atoms with van der Waals surface area (Å²) in [4.78, 5) is 39.8. The van der Waals surface area contributed by atoms with Crippen LogP contribution in [0.15, 0.2) is 58.4 Å². The van der Waals surface area contributed by atoms with Gasteiger partial charge in [-0.1, -0.05) is 24.3 Å². The Balaban J connectivity index is 1.43. The molecule has 0 unspecified atom stereocenters. The van der Waals surface area contributed by atoms with Crippen molar-refractivity contribution >= 4 is 23.7 Å². The van der Waals surface area contributed by atoms with Crippen LogP contribution in [0.25, 0.3) is 0 Å². The van der Waals surface area contributed by atoms with Crippen molar-refractivity contribution < 1.29 is 32.9 Å². The van der Waals surface area contributed by atoms with Crippen LogP contribution in [-0.4, -0.2) is 50.3 Å². The molecule has 1 atom stereocenters. The molecule has 11 heteroatoms. The molecule has 0 amide bonds. The number of aromatic nitrogens is 1. The molecule has 9 nitrogen and oxygen atoms in total. The number of hydrogen-bond donors (Lipinski definition) is 0. The van der Waals surface area contributed by atoms with Gasteiger partial charge in [-0.05, 0) is 54.2 Å². The van der Waals surface area contributed by atoms with Crippen LogP contribution < -0.4 is 15.2 Å². The molecule has 2 aromatic carbocycles. The molecular formula is C30H29FN2O7S. The largest absolute Gasteiger partial charge is 0.511 e. The van der Waals surface area contributed by atoms with Crippen molar-refractivity contribution in [3.63, 3.8) is 0 Å². The van der Waals surface area contributed by atoms with Gasteiger partial charge in [0.05, 0.1) is 18.1 Å². The number of hydrogen-bond acceptors (Lipinski definition) is 9. The average molecular weight is 581 g/mol. The summed E-state index contributed by atoms with van der Waals surface area (Å²) in [5.41, 5.74) is 2.41. The molecule has 1 aromatic heterocycles. The summed E-state index contributed by atoms with van der Waals surface area (Å²) in [6.45, 7) is 1.81. The van der Waals surface area contributed by atoms with Crippen molar-refractivity contribution in [2.24, 2.45) is 5.41 Å². The van der Waals surface area contributed by atoms with Crippen LogP contribution in [0.2, 0.25) is 0 Å². The third kappa shape index (κ3) is 4.87. The van der Waals surface area contributed by atoms with Gasteiger partial charge >= 0.3 is 6.16 Å². The fourth-order valence-electron chi connectivity index (χ4n) is 5.59. The van der Waals surface area contributed by atoms with E-state index in [2.05, 4.69) is 17.1 Å². The van der Waals surface area contributed by atoms with E-state index >= 15 is 0 Å². The lowest BCUT2D eigenvalue weighted by Crippen LogP contribution is -2.52. The number of thioether (sulfide) groups is 1. The third-order valence-corrected chi connectivity index (χ3v) is 9.08. The van der Waals surface area contributed by atoms with Crippen molar-refractivity contribution in [1.29, 1.82) is 0 Å². The maximum atomic E-state index is 14.7. The van der Waals surface area contributed by atoms with Gasteiger partial charge < -0.3 is 18.9 Å². The lowest BCUT2D eigenvalue weighted by atomic mass is 9.88. The van der Waals surface area contributed by atoms with Gasteiger partial charge in [0.1, 0.15) is 12.4 Å². The summed E-state index contributed by atoms with van der Waals surface area (Å²) in [6.07, 6.45) is 1.94. The molecule has 6 rings (SSSR count). The van der Waals surface area contributed by atoms with Gasteiger partial charge in [-0.2, -0.15) is 0 Å². The van der Waals surface area contributed by atoms with Gasteiger partial charge in [0.15, 0.2) is 17.2 Å². The highest BCUT2D eigenvalue weighted by atomic mass is 32.2. The second-order valence-electron chi connectivity index (χ2n) is 10.4. The van der Waals surface area contributed by atoms with Gasteiger partial charge in [0.2, 0.25) is 12.2 Å². The number of pyridine rings is 1. The molecule has 214 valence electrons. The molecule has 41 heavy (non-hydrogen) atoms. The molecule has 1 aliphatic carbocycles. The summed E-state index contributed by atoms with van der Waals surface area (Å²) in [5, 5.41) is 2.08. The normalized spacial score (nSPS) is 18.2. The average Bonchev–Trinajstić information content (AvgIpc) is 3.77. The van der Waals surface area contributed by atoms with Gasteiger partial charge in [0, 0.05) is 36.6 Å². The molecule has 3 aliphatic rings. The van der Waals surface area contributed by atoms with Gasteiger partial charge in [-0.25, -0.2) is 9.18 Å². The standard InChI is InChI=1S/C30H29FN2O7S/c1-18-21-15-41-24-6-4-3-5-20(24)25(19(21)7-8-22(18)31)33-16-30(10-11-30)28(35)26-27(23(34)9-12-32(26)33)39-17-40-29(36)38-14-13-37-2/h3-9,12,25H,10-11,13-17H2,1-2H3/t25-/m0/s1. The number of methoxy groups -OCH3 is 1. The van der Waals surface area contributed by atoms with Crippen LogP contribution >= 0.6 is 11.8 Å². The van der Waals surface area contributed by atoms with Crippen LogP contribution in [0.5, 0.6) is 5.75 Å². The molecule has 1 spiro atoms. The highest BCUT2D eigenvalue weighted by molar-refractivity contribution is 7.98. The fourth-order valence-corrected chi connectivity index (χ4v) is 6.79. The van der Waals surface area contributed by atoms with E-state index in [-0.39, 0.29) is 42.3 Å². The van der Waals surface area contributed by atoms with Crippen molar-refractivity contribution in [3.8, 4) is 5.75 Å². The Morgan fingerprint density at radius 3 is 2.66 bits per heavy atom. The molecular weight excluding hydrogens is 551 g/mol. The first-order valence-corrected chi connectivity index (χ1v) is 14.3. The Hall–Kier alpha value is -3.83. The maximum Gasteiger partial charge on any atom is 0.511 e.